The zero-order valence-corrected chi connectivity index (χ0v) is 17.6. The van der Waals surface area contributed by atoms with Gasteiger partial charge in [0.2, 0.25) is 0 Å². The molecule has 0 aliphatic heterocycles. The number of hydrogen-bond acceptors (Lipinski definition) is 3. The molecule has 1 N–H and O–H groups in total. The standard InChI is InChI=1S/C28H27NO2/c30-24-16-9-15-22(18-24)25-17-8-7-14-23(25)19-26-29-27(20-10-3-1-4-11-20)28(31-26)21-12-5-2-6-13-21/h1-6,9-13,15-16,18,23,25,30H,7-8,14,17,19H2. The van der Waals surface area contributed by atoms with Crippen LogP contribution in [-0.4, -0.2) is 10.1 Å². The van der Waals surface area contributed by atoms with Gasteiger partial charge >= 0.3 is 0 Å². The highest BCUT2D eigenvalue weighted by Crippen LogP contribution is 2.41. The quantitative estimate of drug-likeness (QED) is 0.378. The summed E-state index contributed by atoms with van der Waals surface area (Å²) in [6.45, 7) is 0. The van der Waals surface area contributed by atoms with E-state index in [4.69, 9.17) is 9.40 Å². The van der Waals surface area contributed by atoms with E-state index in [-0.39, 0.29) is 0 Å². The Morgan fingerprint density at radius 3 is 2.26 bits per heavy atom. The van der Waals surface area contributed by atoms with Crippen LogP contribution in [0.15, 0.2) is 89.3 Å². The number of hydrogen-bond donors (Lipinski definition) is 1. The molecule has 3 aromatic carbocycles. The van der Waals surface area contributed by atoms with Gasteiger partial charge in [-0.2, -0.15) is 0 Å². The van der Waals surface area contributed by atoms with Gasteiger partial charge in [0.05, 0.1) is 0 Å². The Bertz CT molecular complexity index is 1080. The molecule has 0 spiro atoms. The van der Waals surface area contributed by atoms with Crippen molar-refractivity contribution in [2.24, 2.45) is 5.92 Å². The minimum Gasteiger partial charge on any atom is -0.508 e. The second-order valence-electron chi connectivity index (χ2n) is 8.47. The summed E-state index contributed by atoms with van der Waals surface area (Å²) >= 11 is 0. The maximum atomic E-state index is 9.98. The topological polar surface area (TPSA) is 46.3 Å². The lowest BCUT2D eigenvalue weighted by molar-refractivity contribution is 0.286. The summed E-state index contributed by atoms with van der Waals surface area (Å²) in [5.41, 5.74) is 4.26. The number of nitrogens with zero attached hydrogens (tertiary/aromatic N) is 1. The summed E-state index contributed by atoms with van der Waals surface area (Å²) in [4.78, 5) is 4.98. The van der Waals surface area contributed by atoms with Gasteiger partial charge in [-0.1, -0.05) is 85.6 Å². The van der Waals surface area contributed by atoms with Crippen molar-refractivity contribution in [1.29, 1.82) is 0 Å². The van der Waals surface area contributed by atoms with Crippen molar-refractivity contribution in [3.63, 3.8) is 0 Å². The zero-order valence-electron chi connectivity index (χ0n) is 17.6. The number of oxazole rings is 1. The van der Waals surface area contributed by atoms with Crippen molar-refractivity contribution < 1.29 is 9.52 Å². The summed E-state index contributed by atoms with van der Waals surface area (Å²) < 4.78 is 6.41. The van der Waals surface area contributed by atoms with E-state index in [1.54, 1.807) is 6.07 Å². The molecule has 5 rings (SSSR count). The third-order valence-corrected chi connectivity index (χ3v) is 6.40. The van der Waals surface area contributed by atoms with E-state index in [0.29, 0.717) is 17.6 Å². The van der Waals surface area contributed by atoms with Crippen molar-refractivity contribution in [2.75, 3.05) is 0 Å². The fourth-order valence-electron chi connectivity index (χ4n) is 4.90. The zero-order chi connectivity index (χ0) is 21.0. The molecule has 1 aliphatic carbocycles. The summed E-state index contributed by atoms with van der Waals surface area (Å²) in [5, 5.41) is 9.98. The number of benzene rings is 3. The molecule has 4 aromatic rings. The molecule has 1 aliphatic rings. The molecule has 0 bridgehead atoms. The van der Waals surface area contributed by atoms with Crippen LogP contribution in [-0.2, 0) is 6.42 Å². The molecule has 3 nitrogen and oxygen atoms in total. The normalized spacial score (nSPS) is 18.7. The van der Waals surface area contributed by atoms with Crippen LogP contribution in [0, 0.1) is 5.92 Å². The number of phenols is 1. The highest BCUT2D eigenvalue weighted by atomic mass is 16.4. The minimum absolute atomic E-state index is 0.343. The van der Waals surface area contributed by atoms with Gasteiger partial charge < -0.3 is 9.52 Å². The summed E-state index contributed by atoms with van der Waals surface area (Å²) in [6, 6.07) is 28.3. The lowest BCUT2D eigenvalue weighted by Crippen LogP contribution is -2.20. The highest BCUT2D eigenvalue weighted by Gasteiger charge is 2.29. The lowest BCUT2D eigenvalue weighted by Gasteiger charge is -2.31. The molecule has 3 heteroatoms. The Labute approximate surface area is 183 Å². The van der Waals surface area contributed by atoms with Gasteiger partial charge in [-0.25, -0.2) is 4.98 Å². The minimum atomic E-state index is 0.343. The summed E-state index contributed by atoms with van der Waals surface area (Å²) in [7, 11) is 0. The predicted octanol–water partition coefficient (Wildman–Crippen LogP) is 7.23. The lowest BCUT2D eigenvalue weighted by atomic mass is 9.74. The molecule has 0 radical (unpaired) electrons. The number of rotatable bonds is 5. The molecule has 1 heterocycles. The van der Waals surface area contributed by atoms with Gasteiger partial charge in [0.25, 0.3) is 0 Å². The Kier molecular flexibility index (Phi) is 5.57. The molecule has 0 amide bonds. The Morgan fingerprint density at radius 1 is 0.806 bits per heavy atom. The first-order valence-corrected chi connectivity index (χ1v) is 11.2. The van der Waals surface area contributed by atoms with Crippen molar-refractivity contribution in [2.45, 2.75) is 38.0 Å². The molecule has 31 heavy (non-hydrogen) atoms. The van der Waals surface area contributed by atoms with Crippen LogP contribution in [0.5, 0.6) is 5.75 Å². The Balaban J connectivity index is 1.49. The molecule has 156 valence electrons. The smallest absolute Gasteiger partial charge is 0.195 e. The first-order chi connectivity index (χ1) is 15.3. The van der Waals surface area contributed by atoms with Crippen molar-refractivity contribution >= 4 is 0 Å². The first kappa shape index (κ1) is 19.6. The van der Waals surface area contributed by atoms with Crippen LogP contribution < -0.4 is 0 Å². The van der Waals surface area contributed by atoms with Gasteiger partial charge in [-0.3, -0.25) is 0 Å². The van der Waals surface area contributed by atoms with Gasteiger partial charge in [-0.05, 0) is 42.4 Å². The molecular weight excluding hydrogens is 382 g/mol. The van der Waals surface area contributed by atoms with E-state index in [2.05, 4.69) is 30.3 Å². The molecule has 2 unspecified atom stereocenters. The van der Waals surface area contributed by atoms with E-state index >= 15 is 0 Å². The average molecular weight is 410 g/mol. The fraction of sp³-hybridized carbons (Fsp3) is 0.250. The third-order valence-electron chi connectivity index (χ3n) is 6.40. The fourth-order valence-corrected chi connectivity index (χ4v) is 4.90. The van der Waals surface area contributed by atoms with Crippen LogP contribution in [0.2, 0.25) is 0 Å². The highest BCUT2D eigenvalue weighted by molar-refractivity contribution is 5.76. The molecule has 1 fully saturated rings. The molecular formula is C28H27NO2. The largest absolute Gasteiger partial charge is 0.508 e. The van der Waals surface area contributed by atoms with Crippen LogP contribution in [0.3, 0.4) is 0 Å². The first-order valence-electron chi connectivity index (χ1n) is 11.2. The van der Waals surface area contributed by atoms with Crippen LogP contribution in [0.25, 0.3) is 22.6 Å². The molecule has 1 saturated carbocycles. The van der Waals surface area contributed by atoms with Crippen molar-refractivity contribution in [3.8, 4) is 28.3 Å². The Hall–Kier alpha value is -3.33. The maximum absolute atomic E-state index is 9.98. The SMILES string of the molecule is Oc1cccc(C2CCCCC2Cc2nc(-c3ccccc3)c(-c3ccccc3)o2)c1. The second kappa shape index (κ2) is 8.81. The Morgan fingerprint density at radius 2 is 1.52 bits per heavy atom. The molecule has 2 atom stereocenters. The van der Waals surface area contributed by atoms with E-state index in [0.717, 1.165) is 47.7 Å². The summed E-state index contributed by atoms with van der Waals surface area (Å²) in [5.74, 6) is 2.87. The van der Waals surface area contributed by atoms with Crippen molar-refractivity contribution in [1.82, 2.24) is 4.98 Å². The van der Waals surface area contributed by atoms with Gasteiger partial charge in [-0.15, -0.1) is 0 Å². The second-order valence-corrected chi connectivity index (χ2v) is 8.47. The molecule has 0 saturated heterocycles. The van der Waals surface area contributed by atoms with Gasteiger partial charge in [0.15, 0.2) is 11.7 Å². The number of aromatic hydroxyl groups is 1. The summed E-state index contributed by atoms with van der Waals surface area (Å²) in [6.07, 6.45) is 5.58. The van der Waals surface area contributed by atoms with Crippen molar-refractivity contribution in [3.05, 3.63) is 96.4 Å². The van der Waals surface area contributed by atoms with E-state index < -0.39 is 0 Å². The number of aromatic nitrogens is 1. The predicted molar refractivity (Wildman–Crippen MR) is 124 cm³/mol. The van der Waals surface area contributed by atoms with E-state index in [1.807, 2.05) is 48.5 Å². The third kappa shape index (κ3) is 4.27. The average Bonchev–Trinajstić information content (AvgIpc) is 3.24. The van der Waals surface area contributed by atoms with Gasteiger partial charge in [0.1, 0.15) is 11.4 Å². The van der Waals surface area contributed by atoms with Crippen LogP contribution in [0.4, 0.5) is 0 Å². The maximum Gasteiger partial charge on any atom is 0.195 e. The monoisotopic (exact) mass is 409 g/mol. The van der Waals surface area contributed by atoms with Crippen LogP contribution in [0.1, 0.15) is 43.1 Å². The van der Waals surface area contributed by atoms with E-state index in [1.165, 1.54) is 18.4 Å². The van der Waals surface area contributed by atoms with E-state index in [9.17, 15) is 5.11 Å². The van der Waals surface area contributed by atoms with Gasteiger partial charge in [0, 0.05) is 17.5 Å². The number of phenolic OH excluding ortho intramolecular Hbond substituents is 1. The molecule has 1 aromatic heterocycles. The van der Waals surface area contributed by atoms with Crippen LogP contribution >= 0.6 is 0 Å².